The summed E-state index contributed by atoms with van der Waals surface area (Å²) in [5.74, 6) is -2.95. The number of rotatable bonds is 3. The molecule has 2 saturated heterocycles. The summed E-state index contributed by atoms with van der Waals surface area (Å²) >= 11 is 0. The van der Waals surface area contributed by atoms with Crippen molar-refractivity contribution in [2.45, 2.75) is 24.7 Å². The van der Waals surface area contributed by atoms with E-state index in [1.54, 1.807) is 6.92 Å². The van der Waals surface area contributed by atoms with Gasteiger partial charge < -0.3 is 10.0 Å². The lowest BCUT2D eigenvalue weighted by atomic mass is 9.68. The van der Waals surface area contributed by atoms with Crippen LogP contribution in [0, 0.1) is 16.7 Å². The second kappa shape index (κ2) is 6.17. The van der Waals surface area contributed by atoms with Crippen molar-refractivity contribution in [3.05, 3.63) is 71.8 Å². The summed E-state index contributed by atoms with van der Waals surface area (Å²) in [7, 11) is 0. The zero-order valence-electron chi connectivity index (χ0n) is 15.0. The Morgan fingerprint density at radius 2 is 1.63 bits per heavy atom. The first-order chi connectivity index (χ1) is 13.0. The number of nitrogens with zero attached hydrogens (tertiary/aromatic N) is 2. The Morgan fingerprint density at radius 3 is 2.11 bits per heavy atom. The van der Waals surface area contributed by atoms with Gasteiger partial charge in [-0.05, 0) is 18.1 Å². The molecular weight excluding hydrogens is 344 g/mol. The lowest BCUT2D eigenvalue weighted by Crippen LogP contribution is -2.60. The van der Waals surface area contributed by atoms with E-state index in [4.69, 9.17) is 9.78 Å². The third-order valence-corrected chi connectivity index (χ3v) is 5.62. The molecule has 138 valence electrons. The molecule has 0 aromatic heterocycles. The summed E-state index contributed by atoms with van der Waals surface area (Å²) in [6, 6.07) is 21.0. The Labute approximate surface area is 157 Å². The van der Waals surface area contributed by atoms with Gasteiger partial charge in [-0.3, -0.25) is 4.79 Å². The molecule has 2 aromatic rings. The number of amides is 1. The monoisotopic (exact) mass is 364 g/mol. The molecule has 1 N–H and O–H groups in total. The highest BCUT2D eigenvalue weighted by Crippen LogP contribution is 2.56. The van der Waals surface area contributed by atoms with Crippen LogP contribution in [0.3, 0.4) is 0 Å². The molecule has 6 heteroatoms. The summed E-state index contributed by atoms with van der Waals surface area (Å²) < 4.78 is 0. The molecule has 2 aromatic carbocycles. The molecule has 2 unspecified atom stereocenters. The van der Waals surface area contributed by atoms with Crippen LogP contribution in [0.4, 0.5) is 0 Å². The van der Waals surface area contributed by atoms with Crippen LogP contribution in [0.25, 0.3) is 0 Å². The van der Waals surface area contributed by atoms with Gasteiger partial charge in [0.05, 0.1) is 6.07 Å². The number of carbonyl (C=O) groups excluding carboxylic acids is 1. The van der Waals surface area contributed by atoms with E-state index in [1.165, 1.54) is 4.90 Å². The van der Waals surface area contributed by atoms with Gasteiger partial charge in [-0.15, -0.1) is 0 Å². The van der Waals surface area contributed by atoms with Crippen molar-refractivity contribution in [3.8, 4) is 6.07 Å². The highest BCUT2D eigenvalue weighted by Gasteiger charge is 2.72. The quantitative estimate of drug-likeness (QED) is 0.846. The minimum Gasteiger partial charge on any atom is -0.355 e. The lowest BCUT2D eigenvalue weighted by Gasteiger charge is -2.47. The van der Waals surface area contributed by atoms with Gasteiger partial charge in [0.2, 0.25) is 0 Å². The largest absolute Gasteiger partial charge is 0.355 e. The number of nitriles is 1. The molecule has 1 amide bonds. The molecule has 6 nitrogen and oxygen atoms in total. The first-order valence-electron chi connectivity index (χ1n) is 8.92. The van der Waals surface area contributed by atoms with Gasteiger partial charge in [0, 0.05) is 19.5 Å². The average Bonchev–Trinajstić information content (AvgIpc) is 2.96. The SMILES string of the molecule is CCN1CC2(C#N)CC(c3ccccc3)(c3ccccc3)OOC2(O)C1=O. The normalized spacial score (nSPS) is 29.2. The van der Waals surface area contributed by atoms with Crippen molar-refractivity contribution in [2.75, 3.05) is 13.1 Å². The molecule has 27 heavy (non-hydrogen) atoms. The molecule has 2 aliphatic heterocycles. The van der Waals surface area contributed by atoms with Crippen LogP contribution in [0.5, 0.6) is 0 Å². The Hall–Kier alpha value is -2.72. The first-order valence-corrected chi connectivity index (χ1v) is 8.92. The maximum atomic E-state index is 12.7. The molecule has 0 aliphatic carbocycles. The van der Waals surface area contributed by atoms with Gasteiger partial charge in [-0.1, -0.05) is 60.7 Å². The van der Waals surface area contributed by atoms with E-state index in [-0.39, 0.29) is 13.0 Å². The van der Waals surface area contributed by atoms with Crippen LogP contribution < -0.4 is 0 Å². The van der Waals surface area contributed by atoms with Gasteiger partial charge in [0.1, 0.15) is 5.41 Å². The highest BCUT2D eigenvalue weighted by atomic mass is 17.2. The van der Waals surface area contributed by atoms with Crippen LogP contribution in [-0.2, 0) is 20.2 Å². The third kappa shape index (κ3) is 2.33. The van der Waals surface area contributed by atoms with Crippen molar-refractivity contribution in [2.24, 2.45) is 5.41 Å². The molecule has 0 saturated carbocycles. The van der Waals surface area contributed by atoms with Crippen LogP contribution in [0.15, 0.2) is 60.7 Å². The van der Waals surface area contributed by atoms with Crippen LogP contribution in [0.1, 0.15) is 24.5 Å². The fourth-order valence-electron chi connectivity index (χ4n) is 4.09. The maximum absolute atomic E-state index is 12.7. The Kier molecular flexibility index (Phi) is 4.04. The standard InChI is InChI=1S/C21H20N2O4/c1-2-23-15-19(14-22)13-20(16-9-5-3-6-10-16,17-11-7-4-8-12-17)26-27-21(19,25)18(23)24/h3-12,25H,2,13,15H2,1H3. The van der Waals surface area contributed by atoms with Crippen molar-refractivity contribution < 1.29 is 19.7 Å². The summed E-state index contributed by atoms with van der Waals surface area (Å²) in [5, 5.41) is 21.0. The van der Waals surface area contributed by atoms with E-state index in [0.29, 0.717) is 6.54 Å². The Morgan fingerprint density at radius 1 is 1.07 bits per heavy atom. The Balaban J connectivity index is 1.89. The number of hydrogen-bond donors (Lipinski definition) is 1. The van der Waals surface area contributed by atoms with E-state index < -0.39 is 22.7 Å². The number of carbonyl (C=O) groups is 1. The summed E-state index contributed by atoms with van der Waals surface area (Å²) in [4.78, 5) is 25.3. The smallest absolute Gasteiger partial charge is 0.299 e. The third-order valence-electron chi connectivity index (χ3n) is 5.62. The van der Waals surface area contributed by atoms with Crippen molar-refractivity contribution in [1.29, 1.82) is 5.26 Å². The van der Waals surface area contributed by atoms with E-state index in [9.17, 15) is 15.2 Å². The van der Waals surface area contributed by atoms with Crippen LogP contribution >= 0.6 is 0 Å². The van der Waals surface area contributed by atoms with Gasteiger partial charge in [0.25, 0.3) is 11.7 Å². The topological polar surface area (TPSA) is 82.8 Å². The molecule has 2 heterocycles. The van der Waals surface area contributed by atoms with E-state index in [1.807, 2.05) is 60.7 Å². The predicted molar refractivity (Wildman–Crippen MR) is 95.7 cm³/mol. The zero-order chi connectivity index (χ0) is 19.1. The second-order valence-electron chi connectivity index (χ2n) is 7.06. The minimum absolute atomic E-state index is 0.0834. The number of hydrogen-bond acceptors (Lipinski definition) is 5. The minimum atomic E-state index is -2.31. The van der Waals surface area contributed by atoms with Gasteiger partial charge in [-0.2, -0.15) is 10.1 Å². The predicted octanol–water partition coefficient (Wildman–Crippen LogP) is 2.34. The second-order valence-corrected chi connectivity index (χ2v) is 7.06. The van der Waals surface area contributed by atoms with E-state index >= 15 is 0 Å². The van der Waals surface area contributed by atoms with Gasteiger partial charge in [-0.25, -0.2) is 4.89 Å². The van der Waals surface area contributed by atoms with Crippen molar-refractivity contribution in [3.63, 3.8) is 0 Å². The number of likely N-dealkylation sites (tertiary alicyclic amines) is 1. The van der Waals surface area contributed by atoms with Crippen molar-refractivity contribution >= 4 is 5.91 Å². The van der Waals surface area contributed by atoms with Gasteiger partial charge in [0.15, 0.2) is 5.60 Å². The number of fused-ring (bicyclic) bond motifs is 1. The maximum Gasteiger partial charge on any atom is 0.299 e. The first kappa shape index (κ1) is 17.7. The van der Waals surface area contributed by atoms with E-state index in [0.717, 1.165) is 11.1 Å². The van der Waals surface area contributed by atoms with E-state index in [2.05, 4.69) is 6.07 Å². The van der Waals surface area contributed by atoms with Gasteiger partial charge >= 0.3 is 0 Å². The molecule has 2 aliphatic rings. The fourth-order valence-corrected chi connectivity index (χ4v) is 4.09. The molecule has 0 radical (unpaired) electrons. The fraction of sp³-hybridized carbons (Fsp3) is 0.333. The van der Waals surface area contributed by atoms with Crippen LogP contribution in [-0.4, -0.2) is 34.8 Å². The summed E-state index contributed by atoms with van der Waals surface area (Å²) in [6.07, 6.45) is 0.0866. The Bertz CT molecular complexity index is 856. The highest BCUT2D eigenvalue weighted by molar-refractivity contribution is 5.88. The molecule has 0 spiro atoms. The average molecular weight is 364 g/mol. The molecule has 2 fully saturated rings. The molecule has 4 rings (SSSR count). The molecule has 0 bridgehead atoms. The summed E-state index contributed by atoms with van der Waals surface area (Å²) in [5.41, 5.74) is -0.996. The van der Waals surface area contributed by atoms with Crippen LogP contribution in [0.2, 0.25) is 0 Å². The zero-order valence-corrected chi connectivity index (χ0v) is 15.0. The molecule has 2 atom stereocenters. The number of aliphatic hydroxyl groups is 1. The summed E-state index contributed by atoms with van der Waals surface area (Å²) in [6.45, 7) is 2.25. The molecular formula is C21H20N2O4. The van der Waals surface area contributed by atoms with Crippen molar-refractivity contribution in [1.82, 2.24) is 4.90 Å². The number of likely N-dealkylation sites (N-methyl/N-ethyl adjacent to an activating group) is 1. The number of benzene rings is 2. The lowest BCUT2D eigenvalue weighted by molar-refractivity contribution is -0.486.